The number of hydrogen-bond donors (Lipinski definition) is 1. The van der Waals surface area contributed by atoms with Crippen molar-refractivity contribution in [3.05, 3.63) is 0 Å². The molecule has 0 aliphatic heterocycles. The van der Waals surface area contributed by atoms with E-state index in [4.69, 9.17) is 5.73 Å². The van der Waals surface area contributed by atoms with E-state index in [1.54, 1.807) is 0 Å². The molecule has 0 unspecified atom stereocenters. The summed E-state index contributed by atoms with van der Waals surface area (Å²) in [5.74, 6) is 0.757. The lowest BCUT2D eigenvalue weighted by Gasteiger charge is -2.37. The Bertz CT molecular complexity index is 248. The third kappa shape index (κ3) is 7.16. The summed E-state index contributed by atoms with van der Waals surface area (Å²) in [6.45, 7) is 1.13. The van der Waals surface area contributed by atoms with Crippen LogP contribution in [0.5, 0.6) is 0 Å². The first-order valence-electron chi connectivity index (χ1n) is 7.28. The summed E-state index contributed by atoms with van der Waals surface area (Å²) in [5.41, 5.74) is 5.93. The summed E-state index contributed by atoms with van der Waals surface area (Å²) in [4.78, 5) is 0. The minimum atomic E-state index is -4.24. The molecule has 1 aliphatic rings. The van der Waals surface area contributed by atoms with Gasteiger partial charge in [0.2, 0.25) is 0 Å². The summed E-state index contributed by atoms with van der Waals surface area (Å²) in [6.07, 6.45) is 4.08. The maximum atomic E-state index is 11.9. The number of halogens is 3. The Morgan fingerprint density at radius 1 is 1.26 bits per heavy atom. The lowest BCUT2D eigenvalue weighted by Crippen LogP contribution is -2.44. The Labute approximate surface area is 113 Å². The molecule has 0 aromatic rings. The van der Waals surface area contributed by atoms with Gasteiger partial charge in [-0.05, 0) is 38.0 Å². The molecule has 2 nitrogen and oxygen atoms in total. The summed E-state index contributed by atoms with van der Waals surface area (Å²) >= 11 is 0. The van der Waals surface area contributed by atoms with Crippen LogP contribution >= 0.6 is 0 Å². The highest BCUT2D eigenvalue weighted by atomic mass is 19.4. The van der Waals surface area contributed by atoms with Gasteiger partial charge in [0.1, 0.15) is 6.61 Å². The number of rotatable bonds is 7. The first-order chi connectivity index (χ1) is 8.85. The molecule has 0 radical (unpaired) electrons. The predicted octanol–water partition coefficient (Wildman–Crippen LogP) is 4.03. The van der Waals surface area contributed by atoms with Crippen molar-refractivity contribution in [2.24, 2.45) is 11.7 Å². The molecule has 1 saturated carbocycles. The number of unbranched alkanes of at least 4 members (excludes halogenated alkanes) is 1. The van der Waals surface area contributed by atoms with Gasteiger partial charge in [0, 0.05) is 12.1 Å². The molecule has 1 aliphatic carbocycles. The molecule has 0 amide bonds. The fourth-order valence-corrected chi connectivity index (χ4v) is 2.75. The third-order valence-corrected chi connectivity index (χ3v) is 4.08. The number of hydrogen-bond acceptors (Lipinski definition) is 2. The Balaban J connectivity index is 2.17. The van der Waals surface area contributed by atoms with Crippen molar-refractivity contribution in [3.63, 3.8) is 0 Å². The minimum Gasteiger partial charge on any atom is -0.372 e. The van der Waals surface area contributed by atoms with Crippen LogP contribution in [0.25, 0.3) is 0 Å². The molecule has 0 heterocycles. The summed E-state index contributed by atoms with van der Waals surface area (Å²) < 4.78 is 40.4. The molecule has 0 bridgehead atoms. The molecule has 2 N–H and O–H groups in total. The standard InChI is InChI=1S/C14H26F3NO/c1-2-3-4-12-5-7-13(18,8-6-12)9-10-19-11-14(15,16)17/h12H,2-11,18H2,1H3. The highest BCUT2D eigenvalue weighted by molar-refractivity contribution is 4.89. The molecule has 0 atom stereocenters. The molecule has 0 spiro atoms. The van der Waals surface area contributed by atoms with E-state index < -0.39 is 12.8 Å². The quantitative estimate of drug-likeness (QED) is 0.715. The molecule has 0 saturated heterocycles. The monoisotopic (exact) mass is 281 g/mol. The van der Waals surface area contributed by atoms with Gasteiger partial charge in [0.15, 0.2) is 0 Å². The van der Waals surface area contributed by atoms with Crippen molar-refractivity contribution in [1.82, 2.24) is 0 Å². The number of nitrogens with two attached hydrogens (primary N) is 1. The second-order valence-corrected chi connectivity index (χ2v) is 5.87. The molecule has 19 heavy (non-hydrogen) atoms. The molecule has 0 aromatic heterocycles. The van der Waals surface area contributed by atoms with E-state index in [0.717, 1.165) is 31.6 Å². The van der Waals surface area contributed by atoms with E-state index in [2.05, 4.69) is 11.7 Å². The zero-order valence-electron chi connectivity index (χ0n) is 11.8. The fourth-order valence-electron chi connectivity index (χ4n) is 2.75. The van der Waals surface area contributed by atoms with Crippen LogP contribution in [-0.2, 0) is 4.74 Å². The summed E-state index contributed by atoms with van der Waals surface area (Å²) in [6, 6.07) is 0. The van der Waals surface area contributed by atoms with Crippen LogP contribution in [0, 0.1) is 5.92 Å². The Hall–Kier alpha value is -0.290. The normalized spacial score (nSPS) is 28.6. The largest absolute Gasteiger partial charge is 0.411 e. The Kier molecular flexibility index (Phi) is 6.60. The van der Waals surface area contributed by atoms with E-state index in [9.17, 15) is 13.2 Å². The van der Waals surface area contributed by atoms with Gasteiger partial charge < -0.3 is 10.5 Å². The van der Waals surface area contributed by atoms with E-state index in [-0.39, 0.29) is 12.1 Å². The summed E-state index contributed by atoms with van der Waals surface area (Å²) in [7, 11) is 0. The minimum absolute atomic E-state index is 0.107. The van der Waals surface area contributed by atoms with Crippen molar-refractivity contribution < 1.29 is 17.9 Å². The van der Waals surface area contributed by atoms with Gasteiger partial charge in [0.25, 0.3) is 0 Å². The first-order valence-corrected chi connectivity index (χ1v) is 7.28. The maximum absolute atomic E-state index is 11.9. The Morgan fingerprint density at radius 3 is 2.42 bits per heavy atom. The van der Waals surface area contributed by atoms with Crippen LogP contribution in [0.2, 0.25) is 0 Å². The average Bonchev–Trinajstić information content (AvgIpc) is 2.33. The van der Waals surface area contributed by atoms with Crippen molar-refractivity contribution >= 4 is 0 Å². The van der Waals surface area contributed by atoms with E-state index >= 15 is 0 Å². The highest BCUT2D eigenvalue weighted by Gasteiger charge is 2.32. The summed E-state index contributed by atoms with van der Waals surface area (Å²) in [5, 5.41) is 0. The predicted molar refractivity (Wildman–Crippen MR) is 69.9 cm³/mol. The van der Waals surface area contributed by atoms with Gasteiger partial charge in [-0.25, -0.2) is 0 Å². The van der Waals surface area contributed by atoms with Crippen molar-refractivity contribution in [2.45, 2.75) is 70.0 Å². The molecule has 1 fully saturated rings. The van der Waals surface area contributed by atoms with Crippen molar-refractivity contribution in [2.75, 3.05) is 13.2 Å². The highest BCUT2D eigenvalue weighted by Crippen LogP contribution is 2.35. The fraction of sp³-hybridized carbons (Fsp3) is 1.00. The lowest BCUT2D eigenvalue weighted by atomic mass is 9.74. The zero-order valence-corrected chi connectivity index (χ0v) is 11.8. The van der Waals surface area contributed by atoms with Gasteiger partial charge >= 0.3 is 6.18 Å². The molecular formula is C14H26F3NO. The van der Waals surface area contributed by atoms with Crippen molar-refractivity contribution in [3.8, 4) is 0 Å². The number of ether oxygens (including phenoxy) is 1. The van der Waals surface area contributed by atoms with Crippen LogP contribution < -0.4 is 5.73 Å². The van der Waals surface area contributed by atoms with Gasteiger partial charge in [-0.15, -0.1) is 0 Å². The molecular weight excluding hydrogens is 255 g/mol. The second-order valence-electron chi connectivity index (χ2n) is 5.87. The van der Waals surface area contributed by atoms with Crippen LogP contribution in [0.15, 0.2) is 0 Å². The maximum Gasteiger partial charge on any atom is 0.411 e. The van der Waals surface area contributed by atoms with Crippen molar-refractivity contribution in [1.29, 1.82) is 0 Å². The smallest absolute Gasteiger partial charge is 0.372 e. The van der Waals surface area contributed by atoms with E-state index in [0.29, 0.717) is 6.42 Å². The Morgan fingerprint density at radius 2 is 1.89 bits per heavy atom. The van der Waals surface area contributed by atoms with Gasteiger partial charge in [-0.1, -0.05) is 26.2 Å². The topological polar surface area (TPSA) is 35.2 Å². The van der Waals surface area contributed by atoms with Crippen LogP contribution in [0.1, 0.15) is 58.3 Å². The SMILES string of the molecule is CCCCC1CCC(N)(CCOCC(F)(F)F)CC1. The molecule has 1 rings (SSSR count). The van der Waals surface area contributed by atoms with Crippen LogP contribution in [0.3, 0.4) is 0 Å². The van der Waals surface area contributed by atoms with Gasteiger partial charge in [0.05, 0.1) is 0 Å². The molecule has 114 valence electrons. The second kappa shape index (κ2) is 7.48. The van der Waals surface area contributed by atoms with Gasteiger partial charge in [-0.3, -0.25) is 0 Å². The van der Waals surface area contributed by atoms with E-state index in [1.807, 2.05) is 0 Å². The van der Waals surface area contributed by atoms with Crippen LogP contribution in [0.4, 0.5) is 13.2 Å². The number of alkyl halides is 3. The third-order valence-electron chi connectivity index (χ3n) is 4.08. The molecule has 5 heteroatoms. The zero-order chi connectivity index (χ0) is 14.4. The molecule has 0 aromatic carbocycles. The van der Waals surface area contributed by atoms with Gasteiger partial charge in [-0.2, -0.15) is 13.2 Å². The average molecular weight is 281 g/mol. The van der Waals surface area contributed by atoms with E-state index in [1.165, 1.54) is 19.3 Å². The first kappa shape index (κ1) is 16.8. The van der Waals surface area contributed by atoms with Crippen LogP contribution in [-0.4, -0.2) is 24.9 Å². The lowest BCUT2D eigenvalue weighted by molar-refractivity contribution is -0.175.